The Bertz CT molecular complexity index is 1030. The van der Waals surface area contributed by atoms with E-state index in [1.54, 1.807) is 12.2 Å². The summed E-state index contributed by atoms with van der Waals surface area (Å²) in [7, 11) is 0. The van der Waals surface area contributed by atoms with Gasteiger partial charge in [-0.2, -0.15) is 0 Å². The molecule has 0 radical (unpaired) electrons. The highest BCUT2D eigenvalue weighted by molar-refractivity contribution is 5.92. The van der Waals surface area contributed by atoms with Gasteiger partial charge in [0.25, 0.3) is 0 Å². The molecule has 2 aliphatic rings. The van der Waals surface area contributed by atoms with Crippen LogP contribution in [-0.2, 0) is 17.8 Å². The fourth-order valence-electron chi connectivity index (χ4n) is 4.07. The van der Waals surface area contributed by atoms with E-state index in [2.05, 4.69) is 23.1 Å². The predicted octanol–water partition coefficient (Wildman–Crippen LogP) is 3.73. The molecule has 0 atom stereocenters. The third-order valence-corrected chi connectivity index (χ3v) is 5.68. The Balaban J connectivity index is 1.15. The van der Waals surface area contributed by atoms with E-state index in [0.717, 1.165) is 62.5 Å². The van der Waals surface area contributed by atoms with E-state index in [0.29, 0.717) is 5.76 Å². The van der Waals surface area contributed by atoms with E-state index in [1.807, 2.05) is 35.2 Å². The maximum absolute atomic E-state index is 12.5. The number of para-hydroxylation sites is 1. The third kappa shape index (κ3) is 3.91. The highest BCUT2D eigenvalue weighted by Gasteiger charge is 2.20. The molecule has 0 N–H and O–H groups in total. The lowest BCUT2D eigenvalue weighted by Crippen LogP contribution is -2.47. The number of fused-ring (bicyclic) bond motifs is 2. The molecule has 2 aromatic carbocycles. The Morgan fingerprint density at radius 1 is 1.03 bits per heavy atom. The van der Waals surface area contributed by atoms with Gasteiger partial charge in [0.2, 0.25) is 5.91 Å². The fourth-order valence-corrected chi connectivity index (χ4v) is 4.07. The Morgan fingerprint density at radius 3 is 2.76 bits per heavy atom. The van der Waals surface area contributed by atoms with Crippen LogP contribution in [0.2, 0.25) is 0 Å². The molecular weight excluding hydrogens is 364 g/mol. The van der Waals surface area contributed by atoms with Gasteiger partial charge in [-0.15, -0.1) is 0 Å². The molecule has 0 saturated carbocycles. The average Bonchev–Trinajstić information content (AvgIpc) is 3.38. The van der Waals surface area contributed by atoms with Crippen molar-refractivity contribution in [1.82, 2.24) is 9.80 Å². The van der Waals surface area contributed by atoms with E-state index in [1.165, 1.54) is 11.1 Å². The summed E-state index contributed by atoms with van der Waals surface area (Å²) in [5.41, 5.74) is 3.47. The first kappa shape index (κ1) is 18.0. The molecule has 5 heteroatoms. The van der Waals surface area contributed by atoms with Crippen LogP contribution in [0.1, 0.15) is 16.9 Å². The molecule has 1 aromatic heterocycles. The van der Waals surface area contributed by atoms with Crippen molar-refractivity contribution in [2.75, 3.05) is 32.8 Å². The molecule has 0 aliphatic carbocycles. The van der Waals surface area contributed by atoms with Gasteiger partial charge in [-0.3, -0.25) is 9.69 Å². The van der Waals surface area contributed by atoms with Gasteiger partial charge in [0.05, 0.1) is 6.61 Å². The molecule has 5 rings (SSSR count). The zero-order valence-electron chi connectivity index (χ0n) is 16.3. The van der Waals surface area contributed by atoms with Crippen molar-refractivity contribution < 1.29 is 13.9 Å². The summed E-state index contributed by atoms with van der Waals surface area (Å²) in [6.45, 7) is 4.98. The summed E-state index contributed by atoms with van der Waals surface area (Å²) < 4.78 is 11.3. The molecule has 3 heterocycles. The largest absolute Gasteiger partial charge is 0.493 e. The van der Waals surface area contributed by atoms with E-state index in [4.69, 9.17) is 9.15 Å². The molecule has 5 nitrogen and oxygen atoms in total. The van der Waals surface area contributed by atoms with Crippen molar-refractivity contribution in [3.63, 3.8) is 0 Å². The van der Waals surface area contributed by atoms with E-state index >= 15 is 0 Å². The lowest BCUT2D eigenvalue weighted by Gasteiger charge is -2.34. The molecule has 1 amide bonds. The number of hydrogen-bond acceptors (Lipinski definition) is 4. The number of ether oxygens (including phenoxy) is 1. The normalized spacial score (nSPS) is 17.0. The summed E-state index contributed by atoms with van der Waals surface area (Å²) in [4.78, 5) is 16.9. The van der Waals surface area contributed by atoms with Crippen molar-refractivity contribution in [3.05, 3.63) is 71.5 Å². The van der Waals surface area contributed by atoms with Crippen LogP contribution in [-0.4, -0.2) is 48.5 Å². The third-order valence-electron chi connectivity index (χ3n) is 5.68. The van der Waals surface area contributed by atoms with Crippen LogP contribution in [0.5, 0.6) is 5.75 Å². The Kier molecular flexibility index (Phi) is 4.82. The Labute approximate surface area is 170 Å². The number of rotatable bonds is 4. The second-order valence-electron chi connectivity index (χ2n) is 7.66. The Morgan fingerprint density at radius 2 is 1.90 bits per heavy atom. The second kappa shape index (κ2) is 7.76. The van der Waals surface area contributed by atoms with Gasteiger partial charge < -0.3 is 14.1 Å². The number of piperazine rings is 1. The first-order valence-electron chi connectivity index (χ1n) is 10.2. The number of hydrogen-bond donors (Lipinski definition) is 0. The number of carbonyl (C=O) groups excluding carboxylic acids is 1. The lowest BCUT2D eigenvalue weighted by molar-refractivity contribution is -0.127. The summed E-state index contributed by atoms with van der Waals surface area (Å²) in [5.74, 6) is 1.78. The number of nitrogens with zero attached hydrogens (tertiary/aromatic N) is 2. The number of furan rings is 1. The first-order chi connectivity index (χ1) is 14.2. The summed E-state index contributed by atoms with van der Waals surface area (Å²) >= 11 is 0. The molecule has 3 aromatic rings. The quantitative estimate of drug-likeness (QED) is 0.639. The maximum atomic E-state index is 12.5. The lowest BCUT2D eigenvalue weighted by atomic mass is 10.1. The van der Waals surface area contributed by atoms with Crippen molar-refractivity contribution >= 4 is 23.0 Å². The van der Waals surface area contributed by atoms with Crippen molar-refractivity contribution in [2.24, 2.45) is 0 Å². The van der Waals surface area contributed by atoms with Crippen LogP contribution in [0.4, 0.5) is 0 Å². The second-order valence-corrected chi connectivity index (χ2v) is 7.66. The molecule has 2 aliphatic heterocycles. The minimum atomic E-state index is 0.0415. The molecule has 1 fully saturated rings. The summed E-state index contributed by atoms with van der Waals surface area (Å²) in [5, 5.41) is 1.05. The minimum Gasteiger partial charge on any atom is -0.493 e. The topological polar surface area (TPSA) is 45.9 Å². The van der Waals surface area contributed by atoms with E-state index < -0.39 is 0 Å². The molecule has 1 saturated heterocycles. The predicted molar refractivity (Wildman–Crippen MR) is 113 cm³/mol. The van der Waals surface area contributed by atoms with Gasteiger partial charge in [0.1, 0.15) is 17.1 Å². The highest BCUT2D eigenvalue weighted by Crippen LogP contribution is 2.26. The van der Waals surface area contributed by atoms with Crippen LogP contribution in [0.3, 0.4) is 0 Å². The number of benzene rings is 2. The number of carbonyl (C=O) groups is 1. The highest BCUT2D eigenvalue weighted by atomic mass is 16.5. The van der Waals surface area contributed by atoms with Gasteiger partial charge in [-0.25, -0.2) is 0 Å². The molecule has 0 bridgehead atoms. The zero-order chi connectivity index (χ0) is 19.6. The SMILES string of the molecule is O=C(/C=C/c1cc2ccccc2o1)N1CCN(Cc2ccc3c(c2)CCO3)CC1. The molecule has 0 unspecified atom stereocenters. The summed E-state index contributed by atoms with van der Waals surface area (Å²) in [6, 6.07) is 16.3. The van der Waals surface area contributed by atoms with Gasteiger partial charge >= 0.3 is 0 Å². The average molecular weight is 388 g/mol. The summed E-state index contributed by atoms with van der Waals surface area (Å²) in [6.07, 6.45) is 4.39. The van der Waals surface area contributed by atoms with E-state index in [-0.39, 0.29) is 5.91 Å². The monoisotopic (exact) mass is 388 g/mol. The van der Waals surface area contributed by atoms with Crippen LogP contribution < -0.4 is 4.74 Å². The standard InChI is InChI=1S/C24H24N2O3/c27-24(8-6-21-16-19-3-1-2-4-23(19)29-21)26-12-10-25(11-13-26)17-18-5-7-22-20(15-18)9-14-28-22/h1-8,15-16H,9-14,17H2/b8-6+. The molecular formula is C24H24N2O3. The minimum absolute atomic E-state index is 0.0415. The smallest absolute Gasteiger partial charge is 0.246 e. The van der Waals surface area contributed by atoms with Crippen molar-refractivity contribution in [2.45, 2.75) is 13.0 Å². The van der Waals surface area contributed by atoms with Gasteiger partial charge in [0, 0.05) is 50.6 Å². The number of amides is 1. The molecule has 0 spiro atoms. The van der Waals surface area contributed by atoms with Gasteiger partial charge in [0.15, 0.2) is 0 Å². The first-order valence-corrected chi connectivity index (χ1v) is 10.2. The Hall–Kier alpha value is -3.05. The van der Waals surface area contributed by atoms with Crippen LogP contribution in [0.15, 0.2) is 59.0 Å². The van der Waals surface area contributed by atoms with Crippen molar-refractivity contribution in [1.29, 1.82) is 0 Å². The molecule has 29 heavy (non-hydrogen) atoms. The molecule has 148 valence electrons. The fraction of sp³-hybridized carbons (Fsp3) is 0.292. The zero-order valence-corrected chi connectivity index (χ0v) is 16.3. The van der Waals surface area contributed by atoms with Crippen LogP contribution in [0.25, 0.3) is 17.0 Å². The van der Waals surface area contributed by atoms with Crippen LogP contribution >= 0.6 is 0 Å². The maximum Gasteiger partial charge on any atom is 0.246 e. The van der Waals surface area contributed by atoms with Gasteiger partial charge in [-0.05, 0) is 35.4 Å². The van der Waals surface area contributed by atoms with Crippen molar-refractivity contribution in [3.8, 4) is 5.75 Å². The van der Waals surface area contributed by atoms with Crippen LogP contribution in [0, 0.1) is 0 Å². The van der Waals surface area contributed by atoms with Gasteiger partial charge in [-0.1, -0.05) is 30.3 Å². The van der Waals surface area contributed by atoms with E-state index in [9.17, 15) is 4.79 Å².